The van der Waals surface area contributed by atoms with Crippen molar-refractivity contribution >= 4 is 28.0 Å². The van der Waals surface area contributed by atoms with Gasteiger partial charge in [-0.3, -0.25) is 4.79 Å². The highest BCUT2D eigenvalue weighted by Gasteiger charge is 2.48. The molecule has 1 N–H and O–H groups in total. The molecular weight excluding hydrogens is 630 g/mol. The maximum absolute atomic E-state index is 14.6. The Morgan fingerprint density at radius 1 is 1.08 bits per heavy atom. The first-order valence-corrected chi connectivity index (χ1v) is 17.9. The Labute approximate surface area is 284 Å². The normalized spacial score (nSPS) is 20.7. The van der Waals surface area contributed by atoms with Gasteiger partial charge >= 0.3 is 6.09 Å². The maximum atomic E-state index is 14.6. The number of nitrogens with zero attached hydrogens (tertiary/aromatic N) is 4. The highest BCUT2D eigenvalue weighted by Crippen LogP contribution is 2.36. The number of ether oxygens (including phenoxy) is 2. The number of carbonyl (C=O) groups is 2. The highest BCUT2D eigenvalue weighted by atomic mass is 32.2. The van der Waals surface area contributed by atoms with Crippen LogP contribution >= 0.6 is 0 Å². The Kier molecular flexibility index (Phi) is 9.53. The van der Waals surface area contributed by atoms with E-state index in [9.17, 15) is 18.0 Å². The smallest absolute Gasteiger partial charge is 0.410 e. The second-order valence-corrected chi connectivity index (χ2v) is 16.6. The molecule has 0 saturated carbocycles. The summed E-state index contributed by atoms with van der Waals surface area (Å²) in [5.74, 6) is -0.125. The van der Waals surface area contributed by atoms with Gasteiger partial charge in [-0.25, -0.2) is 22.9 Å². The van der Waals surface area contributed by atoms with Gasteiger partial charge in [0.05, 0.1) is 22.7 Å². The van der Waals surface area contributed by atoms with E-state index in [0.29, 0.717) is 18.5 Å². The standard InChI is InChI=1S/C36H47N5O6S/c1-22(2)16-26-21-46-30-18-29(31-23(3)12-10-13-24(31)4)37-33(38-30)39-48(44,45)28-15-11-14-25(17-28)32(42)41(26)27-19-36(8,9)40(20-27)34(43)47-35(5,6)7/h10-15,17-18,22,26-27H,16,19-21H2,1-9H3,(H,37,38,39)/t26-,27?/m1/s1. The van der Waals surface area contributed by atoms with E-state index in [1.165, 1.54) is 12.1 Å². The molecule has 258 valence electrons. The average molecular weight is 678 g/mol. The van der Waals surface area contributed by atoms with Crippen molar-refractivity contribution < 1.29 is 27.5 Å². The predicted octanol–water partition coefficient (Wildman–Crippen LogP) is 6.60. The second-order valence-electron chi connectivity index (χ2n) is 14.9. The minimum absolute atomic E-state index is 0.0857. The Balaban J connectivity index is 1.64. The molecule has 2 atom stereocenters. The van der Waals surface area contributed by atoms with Crippen LogP contribution in [0.15, 0.2) is 53.4 Å². The van der Waals surface area contributed by atoms with Crippen molar-refractivity contribution in [3.8, 4) is 17.1 Å². The molecule has 2 amide bonds. The number of aryl methyl sites for hydroxylation is 2. The van der Waals surface area contributed by atoms with Crippen molar-refractivity contribution in [1.82, 2.24) is 19.8 Å². The van der Waals surface area contributed by atoms with Gasteiger partial charge in [0.25, 0.3) is 15.9 Å². The van der Waals surface area contributed by atoms with Gasteiger partial charge in [-0.15, -0.1) is 0 Å². The molecule has 3 heterocycles. The minimum Gasteiger partial charge on any atom is -0.475 e. The summed E-state index contributed by atoms with van der Waals surface area (Å²) in [6.07, 6.45) is 0.629. The lowest BCUT2D eigenvalue weighted by Gasteiger charge is -2.37. The fourth-order valence-electron chi connectivity index (χ4n) is 6.67. The van der Waals surface area contributed by atoms with Crippen LogP contribution in [0.25, 0.3) is 11.3 Å². The number of anilines is 1. The van der Waals surface area contributed by atoms with E-state index in [0.717, 1.165) is 16.7 Å². The average Bonchev–Trinajstić information content (AvgIpc) is 3.28. The minimum atomic E-state index is -4.20. The lowest BCUT2D eigenvalue weighted by molar-refractivity contribution is 0.0118. The van der Waals surface area contributed by atoms with Crippen molar-refractivity contribution in [1.29, 1.82) is 0 Å². The molecule has 3 aromatic rings. The Morgan fingerprint density at radius 2 is 1.75 bits per heavy atom. The molecule has 2 aromatic carbocycles. The highest BCUT2D eigenvalue weighted by molar-refractivity contribution is 7.92. The van der Waals surface area contributed by atoms with Crippen LogP contribution < -0.4 is 9.46 Å². The summed E-state index contributed by atoms with van der Waals surface area (Å²) < 4.78 is 42.1. The zero-order valence-electron chi connectivity index (χ0n) is 29.3. The Morgan fingerprint density at radius 3 is 2.40 bits per heavy atom. The van der Waals surface area contributed by atoms with Crippen molar-refractivity contribution in [2.75, 3.05) is 17.9 Å². The molecule has 2 aliphatic heterocycles. The summed E-state index contributed by atoms with van der Waals surface area (Å²) >= 11 is 0. The zero-order chi connectivity index (χ0) is 35.2. The number of likely N-dealkylation sites (tertiary alicyclic amines) is 1. The molecule has 0 radical (unpaired) electrons. The molecule has 11 nitrogen and oxygen atoms in total. The van der Waals surface area contributed by atoms with Gasteiger partial charge in [0.15, 0.2) is 0 Å². The monoisotopic (exact) mass is 677 g/mol. The number of sulfonamides is 1. The number of amides is 2. The molecule has 0 spiro atoms. The van der Waals surface area contributed by atoms with Crippen molar-refractivity contribution in [3.63, 3.8) is 0 Å². The number of benzene rings is 2. The number of hydrogen-bond donors (Lipinski definition) is 1. The van der Waals surface area contributed by atoms with E-state index in [-0.39, 0.29) is 47.3 Å². The topological polar surface area (TPSA) is 131 Å². The lowest BCUT2D eigenvalue weighted by atomic mass is 9.95. The molecule has 12 heteroatoms. The van der Waals surface area contributed by atoms with Crippen LogP contribution in [0.5, 0.6) is 5.88 Å². The van der Waals surface area contributed by atoms with Crippen LogP contribution in [0.1, 0.15) is 82.8 Å². The summed E-state index contributed by atoms with van der Waals surface area (Å²) in [6.45, 7) is 17.8. The molecular formula is C36H47N5O6S. The number of nitrogens with one attached hydrogen (secondary N) is 1. The summed E-state index contributed by atoms with van der Waals surface area (Å²) in [4.78, 5) is 40.4. The van der Waals surface area contributed by atoms with E-state index in [1.807, 2.05) is 66.7 Å². The maximum Gasteiger partial charge on any atom is 0.410 e. The van der Waals surface area contributed by atoms with Crippen molar-refractivity contribution in [2.24, 2.45) is 5.92 Å². The van der Waals surface area contributed by atoms with Crippen LogP contribution in [0.4, 0.5) is 10.7 Å². The van der Waals surface area contributed by atoms with E-state index in [2.05, 4.69) is 28.5 Å². The Hall–Kier alpha value is -4.19. The van der Waals surface area contributed by atoms with Crippen LogP contribution in [-0.2, 0) is 14.8 Å². The SMILES string of the molecule is Cc1cccc(C)c1-c1cc2nc(n1)NS(=O)(=O)c1cccc(c1)C(=O)N(C1CN(C(=O)OC(C)(C)C)C(C)(C)C1)[C@H](CC(C)C)CO2. The molecule has 5 rings (SSSR count). The second kappa shape index (κ2) is 13.0. The van der Waals surface area contributed by atoms with Crippen molar-refractivity contribution in [3.05, 3.63) is 65.2 Å². The van der Waals surface area contributed by atoms with Gasteiger partial charge in [-0.05, 0) is 96.6 Å². The number of rotatable bonds is 4. The zero-order valence-corrected chi connectivity index (χ0v) is 30.1. The predicted molar refractivity (Wildman–Crippen MR) is 185 cm³/mol. The van der Waals surface area contributed by atoms with E-state index in [1.54, 1.807) is 28.0 Å². The Bertz CT molecular complexity index is 1800. The first-order chi connectivity index (χ1) is 22.3. The molecule has 1 fully saturated rings. The van der Waals surface area contributed by atoms with Crippen LogP contribution in [0.2, 0.25) is 0 Å². The number of carbonyl (C=O) groups excluding carboxylic acids is 2. The quantitative estimate of drug-likeness (QED) is 0.327. The fourth-order valence-corrected chi connectivity index (χ4v) is 7.66. The summed E-state index contributed by atoms with van der Waals surface area (Å²) in [5, 5.41) is 0. The van der Waals surface area contributed by atoms with Gasteiger partial charge < -0.3 is 19.3 Å². The van der Waals surface area contributed by atoms with E-state index < -0.39 is 39.3 Å². The van der Waals surface area contributed by atoms with E-state index in [4.69, 9.17) is 9.47 Å². The van der Waals surface area contributed by atoms with Crippen LogP contribution in [-0.4, -0.2) is 76.6 Å². The molecule has 1 unspecified atom stereocenters. The molecule has 1 aromatic heterocycles. The molecule has 0 aliphatic carbocycles. The molecule has 2 aliphatic rings. The molecule has 1 saturated heterocycles. The fraction of sp³-hybridized carbons (Fsp3) is 0.500. The third-order valence-electron chi connectivity index (χ3n) is 8.72. The van der Waals surface area contributed by atoms with Crippen LogP contribution in [0.3, 0.4) is 0 Å². The first kappa shape index (κ1) is 35.1. The van der Waals surface area contributed by atoms with Gasteiger partial charge in [0, 0.05) is 29.3 Å². The van der Waals surface area contributed by atoms with E-state index >= 15 is 0 Å². The first-order valence-electron chi connectivity index (χ1n) is 16.4. The third kappa shape index (κ3) is 7.59. The van der Waals surface area contributed by atoms with Crippen LogP contribution in [0, 0.1) is 19.8 Å². The van der Waals surface area contributed by atoms with Gasteiger partial charge in [0.2, 0.25) is 11.8 Å². The third-order valence-corrected chi connectivity index (χ3v) is 10.0. The molecule has 48 heavy (non-hydrogen) atoms. The lowest BCUT2D eigenvalue weighted by Crippen LogP contribution is -2.51. The number of aromatic nitrogens is 2. The van der Waals surface area contributed by atoms with Gasteiger partial charge in [-0.1, -0.05) is 38.1 Å². The van der Waals surface area contributed by atoms with Gasteiger partial charge in [-0.2, -0.15) is 4.98 Å². The van der Waals surface area contributed by atoms with Gasteiger partial charge in [0.1, 0.15) is 12.2 Å². The number of hydrogen-bond acceptors (Lipinski definition) is 8. The summed E-state index contributed by atoms with van der Waals surface area (Å²) in [5.41, 5.74) is 2.20. The van der Waals surface area contributed by atoms with Crippen molar-refractivity contribution in [2.45, 2.75) is 103 Å². The summed E-state index contributed by atoms with van der Waals surface area (Å²) in [7, 11) is -4.20. The largest absolute Gasteiger partial charge is 0.475 e. The number of fused-ring (bicyclic) bond motifs is 4. The molecule has 4 bridgehead atoms. The summed E-state index contributed by atoms with van der Waals surface area (Å²) in [6, 6.07) is 12.7.